The average Bonchev–Trinajstić information content (AvgIpc) is 2.50. The van der Waals surface area contributed by atoms with Gasteiger partial charge in [0, 0.05) is 25.9 Å². The summed E-state index contributed by atoms with van der Waals surface area (Å²) in [6.45, 7) is 1.49. The third kappa shape index (κ3) is 3.42. The highest BCUT2D eigenvalue weighted by Crippen LogP contribution is 2.24. The molecule has 1 atom stereocenters. The maximum Gasteiger partial charge on any atom is 0.330 e. The first kappa shape index (κ1) is 17.1. The molecule has 1 aromatic heterocycles. The first-order chi connectivity index (χ1) is 10.6. The molecule has 2 aromatic rings. The van der Waals surface area contributed by atoms with E-state index in [1.165, 1.54) is 45.3 Å². The van der Waals surface area contributed by atoms with E-state index in [1.807, 2.05) is 0 Å². The highest BCUT2D eigenvalue weighted by Gasteiger charge is 2.24. The molecule has 0 radical (unpaired) electrons. The van der Waals surface area contributed by atoms with E-state index in [4.69, 9.17) is 0 Å². The van der Waals surface area contributed by atoms with Crippen molar-refractivity contribution in [1.82, 2.24) is 9.13 Å². The second-order valence-electron chi connectivity index (χ2n) is 5.38. The molecule has 1 aromatic carbocycles. The van der Waals surface area contributed by atoms with Crippen LogP contribution in [0.25, 0.3) is 0 Å². The topological polar surface area (TPSA) is 78.1 Å². The zero-order valence-electron chi connectivity index (χ0n) is 13.0. The number of halogens is 1. The van der Waals surface area contributed by atoms with Crippen molar-refractivity contribution < 1.29 is 12.8 Å². The van der Waals surface area contributed by atoms with Crippen LogP contribution in [0.15, 0.2) is 39.9 Å². The van der Waals surface area contributed by atoms with E-state index in [-0.39, 0.29) is 5.69 Å². The van der Waals surface area contributed by atoms with E-state index >= 15 is 0 Å². The van der Waals surface area contributed by atoms with Crippen LogP contribution in [-0.2, 0) is 29.7 Å². The van der Waals surface area contributed by atoms with Crippen LogP contribution in [0.2, 0.25) is 0 Å². The Labute approximate surface area is 132 Å². The van der Waals surface area contributed by atoms with Gasteiger partial charge < -0.3 is 0 Å². The minimum Gasteiger partial charge on any atom is -0.300 e. The van der Waals surface area contributed by atoms with Gasteiger partial charge in [-0.05, 0) is 24.6 Å². The molecule has 0 aliphatic carbocycles. The number of rotatable bonds is 4. The Morgan fingerprint density at radius 2 is 1.65 bits per heavy atom. The molecule has 0 N–H and O–H groups in total. The van der Waals surface area contributed by atoms with E-state index in [1.54, 1.807) is 0 Å². The van der Waals surface area contributed by atoms with Crippen LogP contribution >= 0.6 is 0 Å². The molecule has 0 aliphatic rings. The summed E-state index contributed by atoms with van der Waals surface area (Å²) in [5.41, 5.74) is -0.586. The molecule has 124 valence electrons. The van der Waals surface area contributed by atoms with Crippen LogP contribution in [0.1, 0.15) is 23.4 Å². The van der Waals surface area contributed by atoms with Crippen molar-refractivity contribution in [2.45, 2.75) is 17.9 Å². The SMILES string of the molecule is CC(c1ccc(F)cc1)S(=O)(=O)Cc1cc(=O)n(C)c(=O)n1C. The molecule has 0 aliphatic heterocycles. The Morgan fingerprint density at radius 3 is 2.22 bits per heavy atom. The molecule has 23 heavy (non-hydrogen) atoms. The molecule has 0 bridgehead atoms. The highest BCUT2D eigenvalue weighted by molar-refractivity contribution is 7.90. The molecule has 2 rings (SSSR count). The van der Waals surface area contributed by atoms with Crippen molar-refractivity contribution in [3.8, 4) is 0 Å². The lowest BCUT2D eigenvalue weighted by molar-refractivity contribution is 0.579. The second-order valence-corrected chi connectivity index (χ2v) is 7.70. The number of benzene rings is 1. The fourth-order valence-electron chi connectivity index (χ4n) is 2.19. The minimum atomic E-state index is -3.68. The molecule has 6 nitrogen and oxygen atoms in total. The summed E-state index contributed by atoms with van der Waals surface area (Å²) in [6.07, 6.45) is 0. The normalized spacial score (nSPS) is 13.0. The third-order valence-corrected chi connectivity index (χ3v) is 5.90. The van der Waals surface area contributed by atoms with E-state index in [2.05, 4.69) is 0 Å². The van der Waals surface area contributed by atoms with Crippen LogP contribution in [-0.4, -0.2) is 17.6 Å². The zero-order chi connectivity index (χ0) is 17.4. The Balaban J connectivity index is 2.41. The van der Waals surface area contributed by atoms with Gasteiger partial charge in [-0.2, -0.15) is 0 Å². The third-order valence-electron chi connectivity index (χ3n) is 3.85. The van der Waals surface area contributed by atoms with Crippen LogP contribution < -0.4 is 11.2 Å². The predicted molar refractivity (Wildman–Crippen MR) is 84.4 cm³/mol. The highest BCUT2D eigenvalue weighted by atomic mass is 32.2. The standard InChI is InChI=1S/C15H17FN2O4S/c1-10(11-4-6-12(16)7-5-11)23(21,22)9-13-8-14(19)18(3)15(20)17(13)2/h4-8,10H,9H2,1-3H3. The number of hydrogen-bond acceptors (Lipinski definition) is 4. The van der Waals surface area contributed by atoms with Gasteiger partial charge in [-0.15, -0.1) is 0 Å². The smallest absolute Gasteiger partial charge is 0.300 e. The molecule has 0 fully saturated rings. The van der Waals surface area contributed by atoms with E-state index in [9.17, 15) is 22.4 Å². The van der Waals surface area contributed by atoms with Crippen LogP contribution in [0.3, 0.4) is 0 Å². The summed E-state index contributed by atoms with van der Waals surface area (Å²) < 4.78 is 40.0. The van der Waals surface area contributed by atoms with Gasteiger partial charge in [-0.25, -0.2) is 17.6 Å². The quantitative estimate of drug-likeness (QED) is 0.828. The molecule has 0 amide bonds. The van der Waals surface area contributed by atoms with Gasteiger partial charge in [0.1, 0.15) is 5.82 Å². The van der Waals surface area contributed by atoms with Gasteiger partial charge in [0.2, 0.25) is 0 Å². The molecule has 0 saturated heterocycles. The van der Waals surface area contributed by atoms with Crippen molar-refractivity contribution >= 4 is 9.84 Å². The summed E-state index contributed by atoms with van der Waals surface area (Å²) in [6, 6.07) is 6.32. The molecule has 0 spiro atoms. The van der Waals surface area contributed by atoms with Crippen molar-refractivity contribution in [3.63, 3.8) is 0 Å². The van der Waals surface area contributed by atoms with Crippen LogP contribution in [0.5, 0.6) is 0 Å². The van der Waals surface area contributed by atoms with Gasteiger partial charge in [-0.3, -0.25) is 13.9 Å². The van der Waals surface area contributed by atoms with E-state index in [0.29, 0.717) is 5.56 Å². The maximum atomic E-state index is 12.9. The summed E-state index contributed by atoms with van der Waals surface area (Å²) in [7, 11) is -0.943. The Hall–Kier alpha value is -2.22. The number of sulfone groups is 1. The van der Waals surface area contributed by atoms with Gasteiger partial charge in [-0.1, -0.05) is 12.1 Å². The van der Waals surface area contributed by atoms with Crippen molar-refractivity contribution in [2.24, 2.45) is 14.1 Å². The number of nitrogens with zero attached hydrogens (tertiary/aromatic N) is 2. The van der Waals surface area contributed by atoms with Crippen LogP contribution in [0.4, 0.5) is 4.39 Å². The predicted octanol–water partition coefficient (Wildman–Crippen LogP) is 0.899. The number of hydrogen-bond donors (Lipinski definition) is 0. The first-order valence-corrected chi connectivity index (χ1v) is 8.58. The van der Waals surface area contributed by atoms with E-state index in [0.717, 1.165) is 15.2 Å². The molecular formula is C15H17FN2O4S. The average molecular weight is 340 g/mol. The molecular weight excluding hydrogens is 323 g/mol. The lowest BCUT2D eigenvalue weighted by Gasteiger charge is -2.15. The molecule has 1 unspecified atom stereocenters. The van der Waals surface area contributed by atoms with Gasteiger partial charge >= 0.3 is 5.69 Å². The Kier molecular flexibility index (Phi) is 4.56. The fourth-order valence-corrected chi connectivity index (χ4v) is 3.70. The molecule has 8 heteroatoms. The summed E-state index contributed by atoms with van der Waals surface area (Å²) in [4.78, 5) is 23.6. The Bertz CT molecular complexity index is 943. The summed E-state index contributed by atoms with van der Waals surface area (Å²) >= 11 is 0. The molecule has 1 heterocycles. The largest absolute Gasteiger partial charge is 0.330 e. The maximum absolute atomic E-state index is 12.9. The van der Waals surface area contributed by atoms with Gasteiger partial charge in [0.05, 0.1) is 11.0 Å². The van der Waals surface area contributed by atoms with Crippen molar-refractivity contribution in [2.75, 3.05) is 0 Å². The number of aromatic nitrogens is 2. The lowest BCUT2D eigenvalue weighted by atomic mass is 10.2. The van der Waals surface area contributed by atoms with Crippen molar-refractivity contribution in [3.05, 3.63) is 68.2 Å². The minimum absolute atomic E-state index is 0.118. The second kappa shape index (κ2) is 6.11. The summed E-state index contributed by atoms with van der Waals surface area (Å²) in [5.74, 6) is -0.903. The lowest BCUT2D eigenvalue weighted by Crippen LogP contribution is -2.38. The fraction of sp³-hybridized carbons (Fsp3) is 0.333. The van der Waals surface area contributed by atoms with Crippen molar-refractivity contribution in [1.29, 1.82) is 0 Å². The monoisotopic (exact) mass is 340 g/mol. The first-order valence-electron chi connectivity index (χ1n) is 6.86. The van der Waals surface area contributed by atoms with Gasteiger partial charge in [0.15, 0.2) is 9.84 Å². The zero-order valence-corrected chi connectivity index (χ0v) is 13.8. The Morgan fingerprint density at radius 1 is 1.09 bits per heavy atom. The molecule has 0 saturated carbocycles. The van der Waals surface area contributed by atoms with E-state index < -0.39 is 37.9 Å². The van der Waals surface area contributed by atoms with Gasteiger partial charge in [0.25, 0.3) is 5.56 Å². The van der Waals surface area contributed by atoms with Crippen LogP contribution in [0, 0.1) is 5.82 Å². The summed E-state index contributed by atoms with van der Waals surface area (Å²) in [5, 5.41) is -0.887.